The summed E-state index contributed by atoms with van der Waals surface area (Å²) >= 11 is 0. The normalized spacial score (nSPS) is 23.2. The largest absolute Gasteiger partial charge is 0.385 e. The molecule has 2 unspecified atom stereocenters. The van der Waals surface area contributed by atoms with E-state index < -0.39 is 12.2 Å². The van der Waals surface area contributed by atoms with Crippen molar-refractivity contribution in [2.75, 3.05) is 0 Å². The van der Waals surface area contributed by atoms with Gasteiger partial charge in [-0.15, -0.1) is 0 Å². The minimum absolute atomic E-state index is 0.173. The summed E-state index contributed by atoms with van der Waals surface area (Å²) in [5.74, 6) is -0.345. The van der Waals surface area contributed by atoms with E-state index in [1.54, 1.807) is 13.8 Å². The molecule has 0 saturated carbocycles. The van der Waals surface area contributed by atoms with Crippen LogP contribution in [-0.4, -0.2) is 34.0 Å². The first-order valence-corrected chi connectivity index (χ1v) is 18.9. The van der Waals surface area contributed by atoms with Crippen LogP contribution in [0.25, 0.3) is 0 Å². The Morgan fingerprint density at radius 2 is 0.704 bits per heavy atom. The standard InChI is InChI=1S/C50H64O4/c1-35(21-15-23-37(3)25-17-27-39(5)29-31-43-41(7)47(53)45(51)33-49(43,9)10)19-13-14-20-36(2)22-16-24-38(4)26-18-28-40(6)30-32-44-42(8)48(54)46(52)34-50(44,11)12/h13-32,45-46,51-52H,33-34H2,1-12H3/b14-13+,21-15+,22-16+,25-17+,26-18+,31-29+,32-30+,35-19+,36-20+,37-23+,38-24+,39-27+,40-28+. The maximum absolute atomic E-state index is 12.3. The van der Waals surface area contributed by atoms with Gasteiger partial charge in [0.15, 0.2) is 11.6 Å². The van der Waals surface area contributed by atoms with Crippen LogP contribution < -0.4 is 0 Å². The first-order valence-electron chi connectivity index (χ1n) is 18.9. The summed E-state index contributed by atoms with van der Waals surface area (Å²) in [4.78, 5) is 24.5. The second-order valence-electron chi connectivity index (χ2n) is 16.0. The highest BCUT2D eigenvalue weighted by molar-refractivity contribution is 6.01. The van der Waals surface area contributed by atoms with E-state index in [0.717, 1.165) is 44.6 Å². The second-order valence-corrected chi connectivity index (χ2v) is 16.0. The smallest absolute Gasteiger partial charge is 0.187 e. The molecule has 2 N–H and O–H groups in total. The Labute approximate surface area is 326 Å². The number of aliphatic hydroxyl groups is 2. The summed E-state index contributed by atoms with van der Waals surface area (Å²) < 4.78 is 0. The van der Waals surface area contributed by atoms with Crippen molar-refractivity contribution in [3.05, 3.63) is 177 Å². The van der Waals surface area contributed by atoms with Crippen molar-refractivity contribution in [2.45, 2.75) is 108 Å². The Balaban J connectivity index is 1.88. The average Bonchev–Trinajstić information content (AvgIpc) is 3.07. The quantitative estimate of drug-likeness (QED) is 0.175. The lowest BCUT2D eigenvalue weighted by Gasteiger charge is -2.34. The van der Waals surface area contributed by atoms with Gasteiger partial charge in [-0.25, -0.2) is 0 Å². The number of carbonyl (C=O) groups is 2. The van der Waals surface area contributed by atoms with Crippen LogP contribution in [0, 0.1) is 10.8 Å². The van der Waals surface area contributed by atoms with Crippen molar-refractivity contribution in [2.24, 2.45) is 10.8 Å². The van der Waals surface area contributed by atoms with Gasteiger partial charge in [-0.05, 0) is 101 Å². The maximum atomic E-state index is 12.3. The summed E-state index contributed by atoms with van der Waals surface area (Å²) in [6.45, 7) is 24.2. The monoisotopic (exact) mass is 728 g/mol. The number of hydrogen-bond acceptors (Lipinski definition) is 4. The van der Waals surface area contributed by atoms with E-state index in [-0.39, 0.29) is 22.4 Å². The van der Waals surface area contributed by atoms with Crippen molar-refractivity contribution in [1.82, 2.24) is 0 Å². The Bertz CT molecular complexity index is 1730. The molecule has 2 rings (SSSR count). The average molecular weight is 729 g/mol. The number of carbonyl (C=O) groups excluding carboxylic acids is 2. The summed E-state index contributed by atoms with van der Waals surface area (Å²) in [5, 5.41) is 20.1. The molecule has 0 bridgehead atoms. The molecule has 0 radical (unpaired) electrons. The summed E-state index contributed by atoms with van der Waals surface area (Å²) in [7, 11) is 0. The molecule has 2 atom stereocenters. The Morgan fingerprint density at radius 1 is 0.463 bits per heavy atom. The number of hydrogen-bond donors (Lipinski definition) is 2. The van der Waals surface area contributed by atoms with Crippen molar-refractivity contribution in [1.29, 1.82) is 0 Å². The topological polar surface area (TPSA) is 74.6 Å². The second kappa shape index (κ2) is 21.3. The van der Waals surface area contributed by atoms with Gasteiger partial charge in [-0.2, -0.15) is 0 Å². The fourth-order valence-corrected chi connectivity index (χ4v) is 6.44. The number of ketones is 2. The Hall–Kier alpha value is -4.64. The molecule has 0 fully saturated rings. The molecule has 0 spiro atoms. The van der Waals surface area contributed by atoms with Crippen LogP contribution in [0.2, 0.25) is 0 Å². The molecule has 0 heterocycles. The van der Waals surface area contributed by atoms with Crippen LogP contribution in [0.3, 0.4) is 0 Å². The fourth-order valence-electron chi connectivity index (χ4n) is 6.44. The predicted molar refractivity (Wildman–Crippen MR) is 231 cm³/mol. The van der Waals surface area contributed by atoms with Gasteiger partial charge in [0.05, 0.1) is 0 Å². The summed E-state index contributed by atoms with van der Waals surface area (Å²) in [6.07, 6.45) is 40.1. The molecule has 54 heavy (non-hydrogen) atoms. The maximum Gasteiger partial charge on any atom is 0.187 e. The van der Waals surface area contributed by atoms with Crippen LogP contribution in [0.4, 0.5) is 0 Å². The molecule has 0 amide bonds. The molecular weight excluding hydrogens is 665 g/mol. The minimum atomic E-state index is -0.907. The van der Waals surface area contributed by atoms with E-state index in [1.165, 1.54) is 0 Å². The predicted octanol–water partition coefficient (Wildman–Crippen LogP) is 11.9. The third-order valence-corrected chi connectivity index (χ3v) is 9.75. The van der Waals surface area contributed by atoms with Gasteiger partial charge >= 0.3 is 0 Å². The van der Waals surface area contributed by atoms with Crippen LogP contribution in [0.1, 0.15) is 95.9 Å². The van der Waals surface area contributed by atoms with Crippen LogP contribution in [-0.2, 0) is 9.59 Å². The Kier molecular flexibility index (Phi) is 18.0. The number of rotatable bonds is 14. The molecule has 4 heteroatoms. The molecule has 0 aromatic heterocycles. The number of aliphatic hydroxyl groups excluding tert-OH is 2. The fraction of sp³-hybridized carbons (Fsp3) is 0.360. The molecule has 0 aromatic rings. The third kappa shape index (κ3) is 15.0. The lowest BCUT2D eigenvalue weighted by atomic mass is 9.71. The molecule has 0 aromatic carbocycles. The zero-order chi connectivity index (χ0) is 40.6. The summed E-state index contributed by atoms with van der Waals surface area (Å²) in [5.41, 5.74) is 9.50. The van der Waals surface area contributed by atoms with Gasteiger partial charge < -0.3 is 10.2 Å². The van der Waals surface area contributed by atoms with Gasteiger partial charge in [-0.3, -0.25) is 9.59 Å². The van der Waals surface area contributed by atoms with Gasteiger partial charge in [0.1, 0.15) is 12.2 Å². The zero-order valence-electron chi connectivity index (χ0n) is 34.8. The van der Waals surface area contributed by atoms with Gasteiger partial charge in [-0.1, -0.05) is 183 Å². The first kappa shape index (κ1) is 45.5. The third-order valence-electron chi connectivity index (χ3n) is 9.75. The van der Waals surface area contributed by atoms with E-state index in [0.29, 0.717) is 24.0 Å². The van der Waals surface area contributed by atoms with Crippen molar-refractivity contribution >= 4 is 11.6 Å². The van der Waals surface area contributed by atoms with Crippen LogP contribution in [0.15, 0.2) is 177 Å². The molecule has 4 nitrogen and oxygen atoms in total. The highest BCUT2D eigenvalue weighted by Gasteiger charge is 2.37. The SMILES string of the molecule is CC1=C(/C=C/C(C)=C/C=C/C(C)=C/C=C/C(C)=C/C=C/C=C(C)/C=C/C=C(C)/C=C/C=C(C)/C=C/C2=C(C)C(=O)C(O)CC2(C)C)C(C)(C)CC(O)C1=O. The van der Waals surface area contributed by atoms with Crippen LogP contribution >= 0.6 is 0 Å². The van der Waals surface area contributed by atoms with Gasteiger partial charge in [0, 0.05) is 0 Å². The van der Waals surface area contributed by atoms with E-state index in [2.05, 4.69) is 116 Å². The molecule has 0 aliphatic heterocycles. The molecule has 2 aliphatic rings. The Morgan fingerprint density at radius 3 is 0.981 bits per heavy atom. The van der Waals surface area contributed by atoms with E-state index >= 15 is 0 Å². The lowest BCUT2D eigenvalue weighted by molar-refractivity contribution is -0.126. The highest BCUT2D eigenvalue weighted by Crippen LogP contribution is 2.40. The van der Waals surface area contributed by atoms with E-state index in [4.69, 9.17) is 0 Å². The van der Waals surface area contributed by atoms with Gasteiger partial charge in [0.25, 0.3) is 0 Å². The van der Waals surface area contributed by atoms with E-state index in [1.807, 2.05) is 74.6 Å². The van der Waals surface area contributed by atoms with E-state index in [9.17, 15) is 19.8 Å². The number of Topliss-reactive ketones (excluding diaryl/α,β-unsaturated/α-hetero) is 2. The lowest BCUT2D eigenvalue weighted by Crippen LogP contribution is -2.35. The molecular formula is C50H64O4. The first-order chi connectivity index (χ1) is 25.2. The van der Waals surface area contributed by atoms with Crippen molar-refractivity contribution in [3.8, 4) is 0 Å². The van der Waals surface area contributed by atoms with Crippen LogP contribution in [0.5, 0.6) is 0 Å². The van der Waals surface area contributed by atoms with Crippen molar-refractivity contribution in [3.63, 3.8) is 0 Å². The van der Waals surface area contributed by atoms with Crippen molar-refractivity contribution < 1.29 is 19.8 Å². The number of allylic oxidation sites excluding steroid dienone is 28. The van der Waals surface area contributed by atoms with Gasteiger partial charge in [0.2, 0.25) is 0 Å². The zero-order valence-corrected chi connectivity index (χ0v) is 34.8. The minimum Gasteiger partial charge on any atom is -0.385 e. The molecule has 2 aliphatic carbocycles. The molecule has 288 valence electrons. The molecule has 0 saturated heterocycles. The summed E-state index contributed by atoms with van der Waals surface area (Å²) in [6, 6.07) is 0. The highest BCUT2D eigenvalue weighted by atomic mass is 16.3.